The van der Waals surface area contributed by atoms with E-state index in [1.165, 1.54) is 4.90 Å². The van der Waals surface area contributed by atoms with Crippen LogP contribution >= 0.6 is 0 Å². The van der Waals surface area contributed by atoms with E-state index >= 15 is 0 Å². The Morgan fingerprint density at radius 2 is 2.19 bits per heavy atom. The van der Waals surface area contributed by atoms with Gasteiger partial charge in [0.1, 0.15) is 0 Å². The van der Waals surface area contributed by atoms with Crippen LogP contribution < -0.4 is 5.32 Å². The molecule has 2 saturated heterocycles. The largest absolute Gasteiger partial charge is 0.380 e. The number of amides is 2. The molecule has 0 aromatic rings. The Hall–Kier alpha value is -0.940. The van der Waals surface area contributed by atoms with Crippen molar-refractivity contribution in [2.45, 2.75) is 37.8 Å². The van der Waals surface area contributed by atoms with Gasteiger partial charge in [-0.3, -0.25) is 14.5 Å². The third-order valence-electron chi connectivity index (χ3n) is 3.25. The van der Waals surface area contributed by atoms with E-state index in [0.717, 1.165) is 19.4 Å². The van der Waals surface area contributed by atoms with E-state index in [1.54, 1.807) is 7.05 Å². The number of ether oxygens (including phenoxy) is 1. The van der Waals surface area contributed by atoms with E-state index in [9.17, 15) is 9.59 Å². The molecule has 2 fully saturated rings. The molecule has 5 nitrogen and oxygen atoms in total. The highest BCUT2D eigenvalue weighted by Gasteiger charge is 2.33. The fourth-order valence-corrected chi connectivity index (χ4v) is 2.23. The van der Waals surface area contributed by atoms with Gasteiger partial charge in [0.15, 0.2) is 0 Å². The number of likely N-dealkylation sites (N-methyl/N-ethyl adjacent to an activating group) is 1. The first-order valence-electron chi connectivity index (χ1n) is 5.82. The number of piperidine rings is 1. The second-order valence-electron chi connectivity index (χ2n) is 4.46. The van der Waals surface area contributed by atoms with Gasteiger partial charge in [0.05, 0.1) is 12.6 Å². The summed E-state index contributed by atoms with van der Waals surface area (Å²) in [4.78, 5) is 24.3. The predicted molar refractivity (Wildman–Crippen MR) is 57.8 cm³/mol. The van der Waals surface area contributed by atoms with E-state index in [0.29, 0.717) is 19.4 Å². The minimum Gasteiger partial charge on any atom is -0.380 e. The van der Waals surface area contributed by atoms with E-state index in [-0.39, 0.29) is 23.9 Å². The molecule has 0 spiro atoms. The topological polar surface area (TPSA) is 58.6 Å². The van der Waals surface area contributed by atoms with Crippen LogP contribution in [0.3, 0.4) is 0 Å². The van der Waals surface area contributed by atoms with Gasteiger partial charge in [-0.05, 0) is 19.3 Å². The fourth-order valence-electron chi connectivity index (χ4n) is 2.23. The first-order valence-corrected chi connectivity index (χ1v) is 5.82. The third-order valence-corrected chi connectivity index (χ3v) is 3.25. The number of carbonyl (C=O) groups excluding carboxylic acids is 2. The van der Waals surface area contributed by atoms with Crippen molar-refractivity contribution in [3.63, 3.8) is 0 Å². The van der Waals surface area contributed by atoms with E-state index < -0.39 is 0 Å². The smallest absolute Gasteiger partial charge is 0.246 e. The molecular weight excluding hydrogens is 208 g/mol. The number of carbonyl (C=O) groups is 2. The first kappa shape index (κ1) is 11.5. The number of likely N-dealkylation sites (tertiary alicyclic amines) is 1. The standard InChI is InChI=1S/C11H18N2O3/c1-13-10(14)5-4-9(11(13)15)12-8-3-2-6-16-7-8/h8-9,12H,2-7H2,1H3. The van der Waals surface area contributed by atoms with Gasteiger partial charge in [-0.1, -0.05) is 0 Å². The molecule has 0 bridgehead atoms. The summed E-state index contributed by atoms with van der Waals surface area (Å²) in [5.74, 6) is -0.190. The molecule has 0 aromatic carbocycles. The maximum atomic E-state index is 11.8. The molecule has 2 amide bonds. The quantitative estimate of drug-likeness (QED) is 0.668. The highest BCUT2D eigenvalue weighted by molar-refractivity contribution is 6.00. The molecule has 1 N–H and O–H groups in total. The monoisotopic (exact) mass is 226 g/mol. The van der Waals surface area contributed by atoms with Gasteiger partial charge in [0.2, 0.25) is 11.8 Å². The van der Waals surface area contributed by atoms with Crippen LogP contribution in [-0.2, 0) is 14.3 Å². The summed E-state index contributed by atoms with van der Waals surface area (Å²) in [5.41, 5.74) is 0. The molecule has 0 aromatic heterocycles. The Bertz CT molecular complexity index is 287. The molecule has 0 saturated carbocycles. The molecule has 2 unspecified atom stereocenters. The Kier molecular flexibility index (Phi) is 3.56. The molecular formula is C11H18N2O3. The van der Waals surface area contributed by atoms with Crippen molar-refractivity contribution in [2.24, 2.45) is 0 Å². The molecule has 2 heterocycles. The zero-order chi connectivity index (χ0) is 11.5. The van der Waals surface area contributed by atoms with Crippen molar-refractivity contribution >= 4 is 11.8 Å². The molecule has 16 heavy (non-hydrogen) atoms. The van der Waals surface area contributed by atoms with Crippen LogP contribution in [0, 0.1) is 0 Å². The summed E-state index contributed by atoms with van der Waals surface area (Å²) in [6.07, 6.45) is 3.14. The highest BCUT2D eigenvalue weighted by atomic mass is 16.5. The van der Waals surface area contributed by atoms with Crippen molar-refractivity contribution in [1.29, 1.82) is 0 Å². The second-order valence-corrected chi connectivity index (χ2v) is 4.46. The molecule has 0 radical (unpaired) electrons. The predicted octanol–water partition coefficient (Wildman–Crippen LogP) is -0.0976. The van der Waals surface area contributed by atoms with E-state index in [4.69, 9.17) is 4.74 Å². The first-order chi connectivity index (χ1) is 7.68. The Morgan fingerprint density at radius 3 is 2.88 bits per heavy atom. The van der Waals surface area contributed by atoms with Crippen molar-refractivity contribution in [2.75, 3.05) is 20.3 Å². The minimum atomic E-state index is -0.214. The third kappa shape index (κ3) is 2.41. The van der Waals surface area contributed by atoms with Crippen LogP contribution in [0.4, 0.5) is 0 Å². The lowest BCUT2D eigenvalue weighted by atomic mass is 10.0. The molecule has 2 atom stereocenters. The van der Waals surface area contributed by atoms with Crippen LogP contribution in [0.5, 0.6) is 0 Å². The van der Waals surface area contributed by atoms with Crippen LogP contribution in [-0.4, -0.2) is 49.1 Å². The normalized spacial score (nSPS) is 31.9. The molecule has 2 rings (SSSR count). The molecule has 0 aliphatic carbocycles. The number of imide groups is 1. The zero-order valence-electron chi connectivity index (χ0n) is 9.57. The summed E-state index contributed by atoms with van der Waals surface area (Å²) >= 11 is 0. The maximum Gasteiger partial charge on any atom is 0.246 e. The molecule has 2 aliphatic rings. The number of hydrogen-bond acceptors (Lipinski definition) is 4. The van der Waals surface area contributed by atoms with E-state index in [2.05, 4.69) is 5.32 Å². The Morgan fingerprint density at radius 1 is 1.38 bits per heavy atom. The summed E-state index contributed by atoms with van der Waals surface area (Å²) in [5, 5.41) is 3.29. The fraction of sp³-hybridized carbons (Fsp3) is 0.818. The highest BCUT2D eigenvalue weighted by Crippen LogP contribution is 2.14. The lowest BCUT2D eigenvalue weighted by Gasteiger charge is -2.32. The van der Waals surface area contributed by atoms with Gasteiger partial charge in [0.25, 0.3) is 0 Å². The summed E-state index contributed by atoms with van der Waals surface area (Å²) in [6.45, 7) is 1.48. The van der Waals surface area contributed by atoms with Crippen LogP contribution in [0.1, 0.15) is 25.7 Å². The van der Waals surface area contributed by atoms with Crippen molar-refractivity contribution in [3.05, 3.63) is 0 Å². The lowest BCUT2D eigenvalue weighted by Crippen LogP contribution is -2.55. The van der Waals surface area contributed by atoms with Gasteiger partial charge in [-0.2, -0.15) is 0 Å². The summed E-state index contributed by atoms with van der Waals surface area (Å²) in [6, 6.07) is 0.0405. The molecule has 5 heteroatoms. The number of nitrogens with zero attached hydrogens (tertiary/aromatic N) is 1. The average Bonchev–Trinajstić information content (AvgIpc) is 2.31. The Balaban J connectivity index is 1.89. The zero-order valence-corrected chi connectivity index (χ0v) is 9.57. The van der Waals surface area contributed by atoms with Crippen molar-refractivity contribution in [1.82, 2.24) is 10.2 Å². The van der Waals surface area contributed by atoms with Crippen LogP contribution in [0.25, 0.3) is 0 Å². The minimum absolute atomic E-state index is 0.0806. The molecule has 2 aliphatic heterocycles. The van der Waals surface area contributed by atoms with Gasteiger partial charge in [-0.25, -0.2) is 0 Å². The Labute approximate surface area is 95.1 Å². The SMILES string of the molecule is CN1C(=O)CCC(NC2CCCOC2)C1=O. The van der Waals surface area contributed by atoms with Crippen LogP contribution in [0.2, 0.25) is 0 Å². The van der Waals surface area contributed by atoms with Crippen molar-refractivity contribution < 1.29 is 14.3 Å². The van der Waals surface area contributed by atoms with Gasteiger partial charge in [-0.15, -0.1) is 0 Å². The summed E-state index contributed by atoms with van der Waals surface area (Å²) < 4.78 is 5.35. The van der Waals surface area contributed by atoms with Gasteiger partial charge >= 0.3 is 0 Å². The maximum absolute atomic E-state index is 11.8. The number of nitrogens with one attached hydrogen (secondary N) is 1. The average molecular weight is 226 g/mol. The summed E-state index contributed by atoms with van der Waals surface area (Å²) in [7, 11) is 1.55. The molecule has 90 valence electrons. The number of rotatable bonds is 2. The second kappa shape index (κ2) is 4.93. The number of hydrogen-bond donors (Lipinski definition) is 1. The van der Waals surface area contributed by atoms with Crippen molar-refractivity contribution in [3.8, 4) is 0 Å². The van der Waals surface area contributed by atoms with Gasteiger partial charge in [0, 0.05) is 26.1 Å². The lowest BCUT2D eigenvalue weighted by molar-refractivity contribution is -0.148. The van der Waals surface area contributed by atoms with Crippen LogP contribution in [0.15, 0.2) is 0 Å². The van der Waals surface area contributed by atoms with E-state index in [1.807, 2.05) is 0 Å². The van der Waals surface area contributed by atoms with Gasteiger partial charge < -0.3 is 10.1 Å².